The summed E-state index contributed by atoms with van der Waals surface area (Å²) < 4.78 is 0. The first-order chi connectivity index (χ1) is 11.6. The maximum absolute atomic E-state index is 12.8. The van der Waals surface area contributed by atoms with Gasteiger partial charge in [0.25, 0.3) is 5.91 Å². The van der Waals surface area contributed by atoms with Crippen molar-refractivity contribution in [2.45, 2.75) is 31.8 Å². The van der Waals surface area contributed by atoms with Gasteiger partial charge >= 0.3 is 0 Å². The molecule has 0 spiro atoms. The molecule has 3 nitrogen and oxygen atoms in total. The van der Waals surface area contributed by atoms with E-state index < -0.39 is 0 Å². The average Bonchev–Trinajstić information content (AvgIpc) is 3.29. The molecule has 1 aromatic carbocycles. The van der Waals surface area contributed by atoms with Crippen LogP contribution in [0.5, 0.6) is 0 Å². The summed E-state index contributed by atoms with van der Waals surface area (Å²) in [5.74, 6) is 1.15. The third-order valence-electron chi connectivity index (χ3n) is 5.79. The zero-order valence-corrected chi connectivity index (χ0v) is 15.3. The van der Waals surface area contributed by atoms with E-state index >= 15 is 0 Å². The molecule has 1 aromatic heterocycles. The van der Waals surface area contributed by atoms with E-state index in [1.807, 2.05) is 16.8 Å². The molecule has 0 bridgehead atoms. The first kappa shape index (κ1) is 15.9. The predicted molar refractivity (Wildman–Crippen MR) is 98.5 cm³/mol. The Morgan fingerprint density at radius 1 is 1.21 bits per heavy atom. The minimum atomic E-state index is 0.189. The number of nitrogens with zero attached hydrogens (tertiary/aromatic N) is 2. The van der Waals surface area contributed by atoms with E-state index in [-0.39, 0.29) is 5.91 Å². The Balaban J connectivity index is 1.66. The summed E-state index contributed by atoms with van der Waals surface area (Å²) in [6, 6.07) is 11.7. The molecule has 4 rings (SSSR count). The first-order valence-corrected chi connectivity index (χ1v) is 9.64. The second kappa shape index (κ2) is 6.01. The van der Waals surface area contributed by atoms with Crippen molar-refractivity contribution >= 4 is 17.2 Å². The van der Waals surface area contributed by atoms with Gasteiger partial charge in [-0.3, -0.25) is 9.69 Å². The van der Waals surface area contributed by atoms with E-state index in [0.29, 0.717) is 23.9 Å². The van der Waals surface area contributed by atoms with Crippen LogP contribution in [0.25, 0.3) is 0 Å². The fourth-order valence-corrected chi connectivity index (χ4v) is 5.03. The van der Waals surface area contributed by atoms with Crippen molar-refractivity contribution in [2.24, 2.45) is 5.92 Å². The molecule has 1 aliphatic heterocycles. The van der Waals surface area contributed by atoms with Crippen LogP contribution >= 0.6 is 11.3 Å². The lowest BCUT2D eigenvalue weighted by atomic mass is 9.93. The minimum Gasteiger partial charge on any atom is -0.338 e. The number of rotatable bonds is 3. The zero-order chi connectivity index (χ0) is 16.8. The van der Waals surface area contributed by atoms with Gasteiger partial charge in [-0.2, -0.15) is 11.3 Å². The Bertz CT molecular complexity index is 740. The van der Waals surface area contributed by atoms with E-state index in [2.05, 4.69) is 55.0 Å². The molecular formula is C20H24N2OS. The molecule has 2 aromatic rings. The second-order valence-corrected chi connectivity index (χ2v) is 8.11. The summed E-state index contributed by atoms with van der Waals surface area (Å²) in [5, 5.41) is 3.94. The number of benzene rings is 1. The van der Waals surface area contributed by atoms with Gasteiger partial charge in [0.05, 0.1) is 5.56 Å². The van der Waals surface area contributed by atoms with Gasteiger partial charge in [-0.1, -0.05) is 24.3 Å². The van der Waals surface area contributed by atoms with Crippen LogP contribution in [0.1, 0.15) is 47.3 Å². The average molecular weight is 340 g/mol. The van der Waals surface area contributed by atoms with E-state index in [1.165, 1.54) is 11.1 Å². The monoisotopic (exact) mass is 340 g/mol. The molecule has 24 heavy (non-hydrogen) atoms. The van der Waals surface area contributed by atoms with Crippen molar-refractivity contribution in [1.29, 1.82) is 0 Å². The molecule has 3 atom stereocenters. The molecule has 1 aliphatic carbocycles. The van der Waals surface area contributed by atoms with Crippen molar-refractivity contribution in [2.75, 3.05) is 20.1 Å². The van der Waals surface area contributed by atoms with Crippen LogP contribution in [0.4, 0.5) is 0 Å². The van der Waals surface area contributed by atoms with Crippen molar-refractivity contribution in [3.05, 3.63) is 57.8 Å². The van der Waals surface area contributed by atoms with Crippen LogP contribution < -0.4 is 0 Å². The highest BCUT2D eigenvalue weighted by atomic mass is 32.1. The fraction of sp³-hybridized carbons (Fsp3) is 0.450. The number of carbonyl (C=O) groups excluding carboxylic acids is 1. The van der Waals surface area contributed by atoms with Crippen LogP contribution in [-0.2, 0) is 0 Å². The van der Waals surface area contributed by atoms with Gasteiger partial charge in [0.1, 0.15) is 0 Å². The standard InChI is InChI=1S/C20H24N2OS/c1-13(2)21(3)19-16-7-5-4-6-15(16)17-10-22(11-18(17)19)20(23)14-8-9-24-12-14/h4-9,12-13,17-19H,10-11H2,1-3H3/t17-,18-,19-/m1/s1. The number of carbonyl (C=O) groups is 1. The molecule has 0 N–H and O–H groups in total. The van der Waals surface area contributed by atoms with E-state index in [1.54, 1.807) is 11.3 Å². The summed E-state index contributed by atoms with van der Waals surface area (Å²) in [7, 11) is 2.22. The maximum atomic E-state index is 12.8. The Kier molecular flexibility index (Phi) is 3.97. The molecular weight excluding hydrogens is 316 g/mol. The highest BCUT2D eigenvalue weighted by Crippen LogP contribution is 2.51. The molecule has 0 unspecified atom stereocenters. The number of hydrogen-bond acceptors (Lipinski definition) is 3. The molecule has 0 saturated carbocycles. The van der Waals surface area contributed by atoms with Crippen molar-refractivity contribution in [3.63, 3.8) is 0 Å². The minimum absolute atomic E-state index is 0.189. The summed E-state index contributed by atoms with van der Waals surface area (Å²) >= 11 is 1.59. The first-order valence-electron chi connectivity index (χ1n) is 8.70. The van der Waals surface area contributed by atoms with Gasteiger partial charge in [-0.05, 0) is 43.5 Å². The highest BCUT2D eigenvalue weighted by molar-refractivity contribution is 7.08. The highest BCUT2D eigenvalue weighted by Gasteiger charge is 2.48. The Hall–Kier alpha value is -1.65. The Morgan fingerprint density at radius 2 is 1.96 bits per heavy atom. The summed E-state index contributed by atoms with van der Waals surface area (Å²) in [6.07, 6.45) is 0. The van der Waals surface area contributed by atoms with E-state index in [4.69, 9.17) is 0 Å². The topological polar surface area (TPSA) is 23.6 Å². The lowest BCUT2D eigenvalue weighted by Gasteiger charge is -2.33. The van der Waals surface area contributed by atoms with Crippen LogP contribution in [0, 0.1) is 5.92 Å². The van der Waals surface area contributed by atoms with Crippen LogP contribution in [-0.4, -0.2) is 41.9 Å². The maximum Gasteiger partial charge on any atom is 0.254 e. The summed E-state index contributed by atoms with van der Waals surface area (Å²) in [5.41, 5.74) is 3.74. The summed E-state index contributed by atoms with van der Waals surface area (Å²) in [6.45, 7) is 6.20. The second-order valence-electron chi connectivity index (χ2n) is 7.33. The largest absolute Gasteiger partial charge is 0.338 e. The normalized spacial score (nSPS) is 25.4. The number of fused-ring (bicyclic) bond motifs is 3. The molecule has 1 amide bonds. The molecule has 2 heterocycles. The SMILES string of the molecule is CC(C)N(C)[C@@H]1c2ccccc2[C@H]2CN(C(=O)c3ccsc3)C[C@H]21. The predicted octanol–water partition coefficient (Wildman–Crippen LogP) is 4.00. The van der Waals surface area contributed by atoms with Gasteiger partial charge in [-0.25, -0.2) is 0 Å². The van der Waals surface area contributed by atoms with Crippen molar-refractivity contribution < 1.29 is 4.79 Å². The number of thiophene rings is 1. The smallest absolute Gasteiger partial charge is 0.254 e. The molecule has 126 valence electrons. The molecule has 0 radical (unpaired) electrons. The number of hydrogen-bond donors (Lipinski definition) is 0. The van der Waals surface area contributed by atoms with Crippen LogP contribution in [0.2, 0.25) is 0 Å². The Labute approximate surface area is 147 Å². The van der Waals surface area contributed by atoms with Gasteiger partial charge in [0, 0.05) is 42.4 Å². The van der Waals surface area contributed by atoms with Gasteiger partial charge < -0.3 is 4.90 Å². The fourth-order valence-electron chi connectivity index (χ4n) is 4.40. The summed E-state index contributed by atoms with van der Waals surface area (Å²) in [4.78, 5) is 17.3. The zero-order valence-electron chi connectivity index (χ0n) is 14.5. The number of likely N-dealkylation sites (tertiary alicyclic amines) is 1. The number of amides is 1. The molecule has 1 fully saturated rings. The third kappa shape index (κ3) is 2.40. The molecule has 1 saturated heterocycles. The quantitative estimate of drug-likeness (QED) is 0.843. The van der Waals surface area contributed by atoms with E-state index in [9.17, 15) is 4.79 Å². The lowest BCUT2D eigenvalue weighted by molar-refractivity contribution is 0.0769. The third-order valence-corrected chi connectivity index (χ3v) is 6.48. The molecule has 2 aliphatic rings. The van der Waals surface area contributed by atoms with E-state index in [0.717, 1.165) is 18.7 Å². The van der Waals surface area contributed by atoms with Gasteiger partial charge in [0.15, 0.2) is 0 Å². The lowest BCUT2D eigenvalue weighted by Crippen LogP contribution is -2.36. The molecule has 4 heteroatoms. The Morgan fingerprint density at radius 3 is 2.62 bits per heavy atom. The van der Waals surface area contributed by atoms with Crippen LogP contribution in [0.3, 0.4) is 0 Å². The van der Waals surface area contributed by atoms with Crippen molar-refractivity contribution in [1.82, 2.24) is 9.80 Å². The van der Waals surface area contributed by atoms with Crippen LogP contribution in [0.15, 0.2) is 41.1 Å². The van der Waals surface area contributed by atoms with Crippen molar-refractivity contribution in [3.8, 4) is 0 Å². The van der Waals surface area contributed by atoms with Gasteiger partial charge in [-0.15, -0.1) is 0 Å². The van der Waals surface area contributed by atoms with Gasteiger partial charge in [0.2, 0.25) is 0 Å².